The zero-order valence-electron chi connectivity index (χ0n) is 11.2. The molecule has 1 saturated heterocycles. The second kappa shape index (κ2) is 4.82. The van der Waals surface area contributed by atoms with E-state index in [4.69, 9.17) is 0 Å². The first-order chi connectivity index (χ1) is 9.60. The average Bonchev–Trinajstić information content (AvgIpc) is 2.98. The zero-order valence-corrected chi connectivity index (χ0v) is 12.0. The van der Waals surface area contributed by atoms with E-state index in [0.717, 1.165) is 16.0 Å². The van der Waals surface area contributed by atoms with Crippen LogP contribution < -0.4 is 5.32 Å². The topological polar surface area (TPSA) is 75.2 Å². The van der Waals surface area contributed by atoms with Crippen molar-refractivity contribution in [3.63, 3.8) is 0 Å². The lowest BCUT2D eigenvalue weighted by atomic mass is 10.1. The molecule has 3 heterocycles. The number of likely N-dealkylation sites (tertiary alicyclic amines) is 1. The minimum absolute atomic E-state index is 0.143. The van der Waals surface area contributed by atoms with Gasteiger partial charge in [0.1, 0.15) is 10.6 Å². The molecule has 7 heteroatoms. The lowest BCUT2D eigenvalue weighted by molar-refractivity contribution is -0.140. The van der Waals surface area contributed by atoms with Gasteiger partial charge in [-0.25, -0.2) is 9.97 Å². The fourth-order valence-corrected chi connectivity index (χ4v) is 3.10. The second-order valence-electron chi connectivity index (χ2n) is 4.80. The van der Waals surface area contributed by atoms with Crippen molar-refractivity contribution in [1.29, 1.82) is 0 Å². The fourth-order valence-electron chi connectivity index (χ4n) is 2.32. The van der Waals surface area contributed by atoms with E-state index in [1.165, 1.54) is 16.2 Å². The summed E-state index contributed by atoms with van der Waals surface area (Å²) >= 11 is 1.51. The summed E-state index contributed by atoms with van der Waals surface area (Å²) in [6.45, 7) is 1.91. The summed E-state index contributed by atoms with van der Waals surface area (Å²) in [6, 6.07) is 1.95. The summed E-state index contributed by atoms with van der Waals surface area (Å²) < 4.78 is 0. The lowest BCUT2D eigenvalue weighted by Gasteiger charge is -2.14. The number of carbonyl (C=O) groups excluding carboxylic acids is 2. The molecule has 20 heavy (non-hydrogen) atoms. The van der Waals surface area contributed by atoms with Gasteiger partial charge in [0.05, 0.1) is 11.9 Å². The van der Waals surface area contributed by atoms with Gasteiger partial charge in [0.25, 0.3) is 0 Å². The molecule has 1 unspecified atom stereocenters. The van der Waals surface area contributed by atoms with Crippen LogP contribution in [0.1, 0.15) is 19.2 Å². The molecule has 2 aromatic rings. The maximum atomic E-state index is 11.9. The Bertz CT molecular complexity index is 697. The molecule has 1 aliphatic rings. The first-order valence-corrected chi connectivity index (χ1v) is 7.24. The highest BCUT2D eigenvalue weighted by Crippen LogP contribution is 2.26. The van der Waals surface area contributed by atoms with Crippen molar-refractivity contribution in [2.75, 3.05) is 12.4 Å². The molecule has 1 atom stereocenters. The first-order valence-electron chi connectivity index (χ1n) is 6.36. The van der Waals surface area contributed by atoms with Crippen LogP contribution in [0.5, 0.6) is 0 Å². The zero-order chi connectivity index (χ0) is 14.3. The summed E-state index contributed by atoms with van der Waals surface area (Å²) in [6.07, 6.45) is 0.277. The minimum atomic E-state index is -0.239. The molecule has 0 aliphatic carbocycles. The maximum absolute atomic E-state index is 11.9. The quantitative estimate of drug-likeness (QED) is 0.870. The van der Waals surface area contributed by atoms with Gasteiger partial charge < -0.3 is 5.32 Å². The van der Waals surface area contributed by atoms with Gasteiger partial charge in [-0.1, -0.05) is 6.92 Å². The van der Waals surface area contributed by atoms with Gasteiger partial charge in [-0.15, -0.1) is 11.3 Å². The van der Waals surface area contributed by atoms with Gasteiger partial charge in [-0.2, -0.15) is 0 Å². The van der Waals surface area contributed by atoms with Crippen LogP contribution in [0.4, 0.5) is 5.82 Å². The SMILES string of the molecule is CNc1nc(CN2C(=O)CC(C)C2=O)nc2sccc12. The Morgan fingerprint density at radius 2 is 2.25 bits per heavy atom. The molecule has 6 nitrogen and oxygen atoms in total. The molecule has 0 aromatic carbocycles. The number of anilines is 1. The number of thiophene rings is 1. The molecule has 0 saturated carbocycles. The number of amides is 2. The Labute approximate surface area is 119 Å². The van der Waals surface area contributed by atoms with Crippen LogP contribution in [-0.2, 0) is 16.1 Å². The fraction of sp³-hybridized carbons (Fsp3) is 0.385. The van der Waals surface area contributed by atoms with E-state index in [-0.39, 0.29) is 30.7 Å². The van der Waals surface area contributed by atoms with Crippen LogP contribution >= 0.6 is 11.3 Å². The standard InChI is InChI=1S/C13H14N4O2S/c1-7-5-10(18)17(13(7)19)6-9-15-11(14-2)8-3-4-20-12(8)16-9/h3-4,7H,5-6H2,1-2H3,(H,14,15,16). The third kappa shape index (κ3) is 2.03. The number of aromatic nitrogens is 2. The van der Waals surface area contributed by atoms with E-state index in [1.54, 1.807) is 14.0 Å². The van der Waals surface area contributed by atoms with Gasteiger partial charge in [0.2, 0.25) is 11.8 Å². The monoisotopic (exact) mass is 290 g/mol. The second-order valence-corrected chi connectivity index (χ2v) is 5.70. The molecule has 0 spiro atoms. The number of nitrogens with one attached hydrogen (secondary N) is 1. The summed E-state index contributed by atoms with van der Waals surface area (Å²) in [4.78, 5) is 34.6. The van der Waals surface area contributed by atoms with E-state index in [0.29, 0.717) is 5.82 Å². The average molecular weight is 290 g/mol. The highest BCUT2D eigenvalue weighted by Gasteiger charge is 2.36. The van der Waals surface area contributed by atoms with Gasteiger partial charge in [-0.05, 0) is 11.4 Å². The normalized spacial score (nSPS) is 19.1. The summed E-state index contributed by atoms with van der Waals surface area (Å²) in [7, 11) is 1.79. The molecule has 104 valence electrons. The van der Waals surface area contributed by atoms with Crippen LogP contribution in [0.25, 0.3) is 10.2 Å². The van der Waals surface area contributed by atoms with E-state index in [1.807, 2.05) is 11.4 Å². The van der Waals surface area contributed by atoms with Crippen molar-refractivity contribution in [3.05, 3.63) is 17.3 Å². The molecule has 0 radical (unpaired) electrons. The van der Waals surface area contributed by atoms with Gasteiger partial charge >= 0.3 is 0 Å². The van der Waals surface area contributed by atoms with Crippen molar-refractivity contribution in [2.45, 2.75) is 19.9 Å². The predicted molar refractivity (Wildman–Crippen MR) is 76.3 cm³/mol. The summed E-state index contributed by atoms with van der Waals surface area (Å²) in [5, 5.41) is 5.91. The molecule has 1 fully saturated rings. The van der Waals surface area contributed by atoms with Gasteiger partial charge in [-0.3, -0.25) is 14.5 Å². The van der Waals surface area contributed by atoms with E-state index < -0.39 is 0 Å². The van der Waals surface area contributed by atoms with Crippen molar-refractivity contribution in [3.8, 4) is 0 Å². The predicted octanol–water partition coefficient (Wildman–Crippen LogP) is 1.63. The van der Waals surface area contributed by atoms with Crippen molar-refractivity contribution in [1.82, 2.24) is 14.9 Å². The first kappa shape index (κ1) is 13.0. The Morgan fingerprint density at radius 3 is 2.90 bits per heavy atom. The van der Waals surface area contributed by atoms with Crippen LogP contribution in [0.2, 0.25) is 0 Å². The molecule has 2 amide bonds. The number of fused-ring (bicyclic) bond motifs is 1. The molecular weight excluding hydrogens is 276 g/mol. The number of imide groups is 1. The number of rotatable bonds is 3. The maximum Gasteiger partial charge on any atom is 0.232 e. The number of nitrogens with zero attached hydrogens (tertiary/aromatic N) is 3. The Hall–Kier alpha value is -2.02. The third-order valence-corrected chi connectivity index (χ3v) is 4.18. The third-order valence-electron chi connectivity index (χ3n) is 3.38. The van der Waals surface area contributed by atoms with Crippen molar-refractivity contribution < 1.29 is 9.59 Å². The van der Waals surface area contributed by atoms with E-state index in [9.17, 15) is 9.59 Å². The Balaban J connectivity index is 1.95. The smallest absolute Gasteiger partial charge is 0.232 e. The summed E-state index contributed by atoms with van der Waals surface area (Å²) in [5.74, 6) is 0.675. The molecule has 1 N–H and O–H groups in total. The van der Waals surface area contributed by atoms with Crippen LogP contribution in [0.15, 0.2) is 11.4 Å². The largest absolute Gasteiger partial charge is 0.372 e. The molecule has 0 bridgehead atoms. The molecular formula is C13H14N4O2S. The highest BCUT2D eigenvalue weighted by molar-refractivity contribution is 7.16. The number of carbonyl (C=O) groups is 2. The van der Waals surface area contributed by atoms with Crippen molar-refractivity contribution >= 4 is 39.2 Å². The van der Waals surface area contributed by atoms with Gasteiger partial charge in [0, 0.05) is 19.4 Å². The molecule has 2 aromatic heterocycles. The Morgan fingerprint density at radius 1 is 1.45 bits per heavy atom. The van der Waals surface area contributed by atoms with Crippen LogP contribution in [0, 0.1) is 5.92 Å². The van der Waals surface area contributed by atoms with Gasteiger partial charge in [0.15, 0.2) is 5.82 Å². The lowest BCUT2D eigenvalue weighted by Crippen LogP contribution is -2.30. The highest BCUT2D eigenvalue weighted by atomic mass is 32.1. The molecule has 3 rings (SSSR count). The van der Waals surface area contributed by atoms with E-state index >= 15 is 0 Å². The number of hydrogen-bond acceptors (Lipinski definition) is 6. The van der Waals surface area contributed by atoms with Crippen LogP contribution in [-0.4, -0.2) is 33.7 Å². The van der Waals surface area contributed by atoms with E-state index in [2.05, 4.69) is 15.3 Å². The Kier molecular flexibility index (Phi) is 3.13. The van der Waals surface area contributed by atoms with Crippen molar-refractivity contribution in [2.24, 2.45) is 5.92 Å². The number of hydrogen-bond donors (Lipinski definition) is 1. The summed E-state index contributed by atoms with van der Waals surface area (Å²) in [5.41, 5.74) is 0. The van der Waals surface area contributed by atoms with Crippen LogP contribution in [0.3, 0.4) is 0 Å². The molecule has 1 aliphatic heterocycles. The minimum Gasteiger partial charge on any atom is -0.372 e.